The number of hydrogen-bond donors (Lipinski definition) is 2. The Balaban J connectivity index is 1.84. The number of guanidine groups is 1. The van der Waals surface area contributed by atoms with Crippen molar-refractivity contribution in [2.24, 2.45) is 10.9 Å². The molecule has 23 heavy (non-hydrogen) atoms. The van der Waals surface area contributed by atoms with Crippen molar-refractivity contribution >= 4 is 5.96 Å². The maximum atomic E-state index is 12.9. The van der Waals surface area contributed by atoms with Crippen LogP contribution in [0.25, 0.3) is 11.5 Å². The van der Waals surface area contributed by atoms with Gasteiger partial charge < -0.3 is 15.1 Å². The van der Waals surface area contributed by atoms with Gasteiger partial charge in [0, 0.05) is 32.1 Å². The fraction of sp³-hybridized carbons (Fsp3) is 0.412. The van der Waals surface area contributed by atoms with Crippen LogP contribution >= 0.6 is 0 Å². The quantitative estimate of drug-likeness (QED) is 0.635. The highest BCUT2D eigenvalue weighted by atomic mass is 19.1. The first-order valence-electron chi connectivity index (χ1n) is 7.73. The Morgan fingerprint density at radius 1 is 1.26 bits per heavy atom. The lowest BCUT2D eigenvalue weighted by molar-refractivity contribution is 0.571. The number of rotatable bonds is 6. The first kappa shape index (κ1) is 17.0. The number of benzene rings is 1. The Morgan fingerprint density at radius 3 is 2.65 bits per heavy atom. The number of aromatic nitrogens is 1. The molecular formula is C17H23FN4O. The minimum atomic E-state index is -0.273. The molecule has 0 spiro atoms. The molecule has 2 rings (SSSR count). The third kappa shape index (κ3) is 5.39. The molecule has 0 atom stereocenters. The van der Waals surface area contributed by atoms with Crippen LogP contribution in [0.4, 0.5) is 4.39 Å². The fourth-order valence-corrected chi connectivity index (χ4v) is 1.98. The summed E-state index contributed by atoms with van der Waals surface area (Å²) in [6, 6.07) is 6.10. The second-order valence-electron chi connectivity index (χ2n) is 5.67. The van der Waals surface area contributed by atoms with Crippen LogP contribution in [0.1, 0.15) is 19.5 Å². The van der Waals surface area contributed by atoms with Crippen LogP contribution in [0.3, 0.4) is 0 Å². The van der Waals surface area contributed by atoms with Crippen molar-refractivity contribution in [1.29, 1.82) is 0 Å². The first-order valence-corrected chi connectivity index (χ1v) is 7.73. The average molecular weight is 318 g/mol. The Hall–Kier alpha value is -2.37. The van der Waals surface area contributed by atoms with Crippen molar-refractivity contribution in [2.75, 3.05) is 20.1 Å². The summed E-state index contributed by atoms with van der Waals surface area (Å²) in [4.78, 5) is 8.58. The van der Waals surface area contributed by atoms with E-state index in [0.717, 1.165) is 23.8 Å². The average Bonchev–Trinajstić information content (AvgIpc) is 3.00. The van der Waals surface area contributed by atoms with Crippen molar-refractivity contribution in [3.8, 4) is 11.5 Å². The van der Waals surface area contributed by atoms with Crippen LogP contribution in [-0.2, 0) is 6.42 Å². The largest absolute Gasteiger partial charge is 0.444 e. The molecule has 0 aliphatic rings. The van der Waals surface area contributed by atoms with E-state index in [1.807, 2.05) is 0 Å². The van der Waals surface area contributed by atoms with E-state index in [1.165, 1.54) is 12.1 Å². The fourth-order valence-electron chi connectivity index (χ4n) is 1.98. The molecule has 1 aromatic heterocycles. The maximum absolute atomic E-state index is 12.9. The van der Waals surface area contributed by atoms with Gasteiger partial charge in [0.05, 0.1) is 5.69 Å². The van der Waals surface area contributed by atoms with Gasteiger partial charge >= 0.3 is 0 Å². The molecule has 1 aromatic carbocycles. The minimum Gasteiger partial charge on any atom is -0.444 e. The van der Waals surface area contributed by atoms with E-state index in [9.17, 15) is 4.39 Å². The summed E-state index contributed by atoms with van der Waals surface area (Å²) < 4.78 is 18.4. The minimum absolute atomic E-state index is 0.273. The summed E-state index contributed by atoms with van der Waals surface area (Å²) >= 11 is 0. The molecule has 2 N–H and O–H groups in total. The highest BCUT2D eigenvalue weighted by Gasteiger charge is 2.07. The van der Waals surface area contributed by atoms with E-state index >= 15 is 0 Å². The predicted octanol–water partition coefficient (Wildman–Crippen LogP) is 2.84. The lowest BCUT2D eigenvalue weighted by Gasteiger charge is -2.12. The van der Waals surface area contributed by atoms with E-state index in [4.69, 9.17) is 4.42 Å². The van der Waals surface area contributed by atoms with Gasteiger partial charge in [-0.3, -0.25) is 4.99 Å². The van der Waals surface area contributed by atoms with E-state index < -0.39 is 0 Å². The molecule has 1 heterocycles. The summed E-state index contributed by atoms with van der Waals surface area (Å²) in [5.41, 5.74) is 1.61. The third-order valence-corrected chi connectivity index (χ3v) is 3.22. The second-order valence-corrected chi connectivity index (χ2v) is 5.67. The first-order chi connectivity index (χ1) is 11.1. The Morgan fingerprint density at radius 2 is 2.00 bits per heavy atom. The van der Waals surface area contributed by atoms with Gasteiger partial charge in [0.15, 0.2) is 5.96 Å². The number of oxazole rings is 1. The zero-order valence-corrected chi connectivity index (χ0v) is 13.8. The van der Waals surface area contributed by atoms with Crippen molar-refractivity contribution in [2.45, 2.75) is 20.3 Å². The zero-order chi connectivity index (χ0) is 16.7. The van der Waals surface area contributed by atoms with Gasteiger partial charge in [0.1, 0.15) is 12.1 Å². The van der Waals surface area contributed by atoms with Crippen LogP contribution in [0.5, 0.6) is 0 Å². The smallest absolute Gasteiger partial charge is 0.226 e. The number of aliphatic imine (C=N–C) groups is 1. The van der Waals surface area contributed by atoms with Crippen molar-refractivity contribution < 1.29 is 8.81 Å². The van der Waals surface area contributed by atoms with Crippen LogP contribution in [-0.4, -0.2) is 31.1 Å². The molecule has 0 saturated carbocycles. The van der Waals surface area contributed by atoms with Gasteiger partial charge in [0.25, 0.3) is 0 Å². The lowest BCUT2D eigenvalue weighted by atomic mass is 10.2. The molecule has 124 valence electrons. The summed E-state index contributed by atoms with van der Waals surface area (Å²) in [5.74, 6) is 1.57. The molecule has 0 bridgehead atoms. The maximum Gasteiger partial charge on any atom is 0.226 e. The van der Waals surface area contributed by atoms with Gasteiger partial charge in [0.2, 0.25) is 5.89 Å². The van der Waals surface area contributed by atoms with Crippen molar-refractivity contribution in [3.05, 3.63) is 42.0 Å². The van der Waals surface area contributed by atoms with Gasteiger partial charge in [-0.1, -0.05) is 13.8 Å². The van der Waals surface area contributed by atoms with Crippen LogP contribution in [0.15, 0.2) is 39.9 Å². The van der Waals surface area contributed by atoms with Gasteiger partial charge in [-0.2, -0.15) is 0 Å². The normalized spacial score (nSPS) is 11.8. The Kier molecular flexibility index (Phi) is 6.14. The Labute approximate surface area is 136 Å². The molecule has 0 radical (unpaired) electrons. The molecular weight excluding hydrogens is 295 g/mol. The van der Waals surface area contributed by atoms with Crippen LogP contribution < -0.4 is 10.6 Å². The molecule has 5 nitrogen and oxygen atoms in total. The van der Waals surface area contributed by atoms with E-state index in [1.54, 1.807) is 25.4 Å². The van der Waals surface area contributed by atoms with Crippen LogP contribution in [0, 0.1) is 11.7 Å². The molecule has 2 aromatic rings. The Bertz CT molecular complexity index is 634. The molecule has 0 fully saturated rings. The van der Waals surface area contributed by atoms with Crippen molar-refractivity contribution in [1.82, 2.24) is 15.6 Å². The standard InChI is InChI=1S/C17H23FN4O/c1-12(2)10-21-17(19-3)20-9-8-15-11-23-16(22-15)13-4-6-14(18)7-5-13/h4-7,11-12H,8-10H2,1-3H3,(H2,19,20,21). The number of halogens is 1. The number of nitrogens with zero attached hydrogens (tertiary/aromatic N) is 2. The highest BCUT2D eigenvalue weighted by molar-refractivity contribution is 5.79. The topological polar surface area (TPSA) is 62.5 Å². The number of hydrogen-bond acceptors (Lipinski definition) is 3. The monoisotopic (exact) mass is 318 g/mol. The van der Waals surface area contributed by atoms with E-state index in [0.29, 0.717) is 24.8 Å². The molecule has 0 aliphatic heterocycles. The van der Waals surface area contributed by atoms with Gasteiger partial charge in [-0.25, -0.2) is 9.37 Å². The van der Waals surface area contributed by atoms with Crippen LogP contribution in [0.2, 0.25) is 0 Å². The zero-order valence-electron chi connectivity index (χ0n) is 13.8. The van der Waals surface area contributed by atoms with Crippen molar-refractivity contribution in [3.63, 3.8) is 0 Å². The number of nitrogens with one attached hydrogen (secondary N) is 2. The molecule has 6 heteroatoms. The van der Waals surface area contributed by atoms with E-state index in [-0.39, 0.29) is 5.82 Å². The molecule has 0 aliphatic carbocycles. The van der Waals surface area contributed by atoms with Gasteiger partial charge in [-0.05, 0) is 30.2 Å². The lowest BCUT2D eigenvalue weighted by Crippen LogP contribution is -2.39. The predicted molar refractivity (Wildman–Crippen MR) is 89.8 cm³/mol. The van der Waals surface area contributed by atoms with Gasteiger partial charge in [-0.15, -0.1) is 0 Å². The summed E-state index contributed by atoms with van der Waals surface area (Å²) in [6.07, 6.45) is 2.34. The molecule has 0 amide bonds. The summed E-state index contributed by atoms with van der Waals surface area (Å²) in [5, 5.41) is 6.49. The third-order valence-electron chi connectivity index (χ3n) is 3.22. The molecule has 0 saturated heterocycles. The molecule has 0 unspecified atom stereocenters. The SMILES string of the molecule is CN=C(NCCc1coc(-c2ccc(F)cc2)n1)NCC(C)C. The summed E-state index contributed by atoms with van der Waals surface area (Å²) in [7, 11) is 1.75. The second kappa shape index (κ2) is 8.31. The highest BCUT2D eigenvalue weighted by Crippen LogP contribution is 2.18. The van der Waals surface area contributed by atoms with E-state index in [2.05, 4.69) is 34.5 Å². The summed E-state index contributed by atoms with van der Waals surface area (Å²) in [6.45, 7) is 5.87.